The lowest BCUT2D eigenvalue weighted by Gasteiger charge is -2.21. The molecule has 0 unspecified atom stereocenters. The Bertz CT molecular complexity index is 723. The van der Waals surface area contributed by atoms with E-state index in [-0.39, 0.29) is 12.5 Å². The third-order valence-electron chi connectivity index (χ3n) is 3.59. The monoisotopic (exact) mass is 324 g/mol. The van der Waals surface area contributed by atoms with Crippen molar-refractivity contribution in [2.45, 2.75) is 13.5 Å². The fourth-order valence-corrected chi connectivity index (χ4v) is 2.27. The molecule has 5 nitrogen and oxygen atoms in total. The minimum Gasteiger partial charge on any atom is -0.493 e. The molecule has 2 aromatic carbocycles. The Morgan fingerprint density at radius 1 is 1.17 bits per heavy atom. The predicted molar refractivity (Wildman–Crippen MR) is 90.7 cm³/mol. The van der Waals surface area contributed by atoms with Crippen molar-refractivity contribution in [2.24, 2.45) is 0 Å². The van der Waals surface area contributed by atoms with Gasteiger partial charge >= 0.3 is 0 Å². The van der Waals surface area contributed by atoms with Crippen LogP contribution in [0.1, 0.15) is 18.1 Å². The zero-order valence-electron chi connectivity index (χ0n) is 13.9. The molecular weight excluding hydrogens is 304 g/mol. The molecule has 0 fully saturated rings. The van der Waals surface area contributed by atoms with E-state index in [2.05, 4.69) is 0 Å². The number of methoxy groups -OCH3 is 1. The summed E-state index contributed by atoms with van der Waals surface area (Å²) < 4.78 is 10.8. The molecule has 24 heavy (non-hydrogen) atoms. The van der Waals surface area contributed by atoms with Gasteiger partial charge in [-0.15, -0.1) is 0 Å². The lowest BCUT2D eigenvalue weighted by Crippen LogP contribution is -2.34. The number of nitriles is 1. The van der Waals surface area contributed by atoms with Gasteiger partial charge in [0, 0.05) is 19.2 Å². The SMILES string of the molecule is CCN(Cc1ccccc1)C(=O)COc1ccc(C#N)cc1OC. The van der Waals surface area contributed by atoms with Crippen LogP contribution in [-0.2, 0) is 11.3 Å². The minimum atomic E-state index is -0.104. The van der Waals surface area contributed by atoms with E-state index in [4.69, 9.17) is 14.7 Å². The number of carbonyl (C=O) groups excluding carboxylic acids is 1. The number of likely N-dealkylation sites (N-methyl/N-ethyl adjacent to an activating group) is 1. The summed E-state index contributed by atoms with van der Waals surface area (Å²) in [6.45, 7) is 3.00. The first-order valence-electron chi connectivity index (χ1n) is 7.70. The fraction of sp³-hybridized carbons (Fsp3) is 0.263. The normalized spacial score (nSPS) is 9.88. The summed E-state index contributed by atoms with van der Waals surface area (Å²) in [6, 6.07) is 16.7. The lowest BCUT2D eigenvalue weighted by atomic mass is 10.2. The maximum Gasteiger partial charge on any atom is 0.260 e. The second-order valence-corrected chi connectivity index (χ2v) is 5.16. The zero-order chi connectivity index (χ0) is 17.4. The summed E-state index contributed by atoms with van der Waals surface area (Å²) >= 11 is 0. The van der Waals surface area contributed by atoms with Crippen LogP contribution in [0.3, 0.4) is 0 Å². The van der Waals surface area contributed by atoms with Gasteiger partial charge in [-0.05, 0) is 24.6 Å². The standard InChI is InChI=1S/C19H20N2O3/c1-3-21(13-15-7-5-4-6-8-15)19(22)14-24-17-10-9-16(12-20)11-18(17)23-2/h4-11H,3,13-14H2,1-2H3. The van der Waals surface area contributed by atoms with Gasteiger partial charge in [-0.25, -0.2) is 0 Å². The topological polar surface area (TPSA) is 62.6 Å². The van der Waals surface area contributed by atoms with Gasteiger partial charge in [0.25, 0.3) is 5.91 Å². The van der Waals surface area contributed by atoms with Gasteiger partial charge in [0.15, 0.2) is 18.1 Å². The Hall–Kier alpha value is -3.00. The van der Waals surface area contributed by atoms with Gasteiger partial charge in [-0.3, -0.25) is 4.79 Å². The predicted octanol–water partition coefficient (Wildman–Crippen LogP) is 2.99. The van der Waals surface area contributed by atoms with Crippen molar-refractivity contribution in [1.29, 1.82) is 5.26 Å². The third-order valence-corrected chi connectivity index (χ3v) is 3.59. The van der Waals surface area contributed by atoms with Crippen LogP contribution in [-0.4, -0.2) is 31.1 Å². The van der Waals surface area contributed by atoms with Crippen molar-refractivity contribution in [3.63, 3.8) is 0 Å². The van der Waals surface area contributed by atoms with Crippen LogP contribution in [0.25, 0.3) is 0 Å². The molecule has 0 spiro atoms. The van der Waals surface area contributed by atoms with E-state index in [1.165, 1.54) is 7.11 Å². The summed E-state index contributed by atoms with van der Waals surface area (Å²) in [7, 11) is 1.50. The number of nitrogens with zero attached hydrogens (tertiary/aromatic N) is 2. The molecule has 0 aliphatic heterocycles. The van der Waals surface area contributed by atoms with Crippen LogP contribution < -0.4 is 9.47 Å². The number of hydrogen-bond donors (Lipinski definition) is 0. The molecule has 0 aliphatic carbocycles. The first kappa shape index (κ1) is 17.4. The van der Waals surface area contributed by atoms with E-state index in [1.807, 2.05) is 43.3 Å². The number of benzene rings is 2. The Morgan fingerprint density at radius 3 is 2.54 bits per heavy atom. The molecule has 0 aromatic heterocycles. The summed E-state index contributed by atoms with van der Waals surface area (Å²) in [5, 5.41) is 8.90. The number of hydrogen-bond acceptors (Lipinski definition) is 4. The molecule has 2 aromatic rings. The van der Waals surface area contributed by atoms with Crippen molar-refractivity contribution < 1.29 is 14.3 Å². The van der Waals surface area contributed by atoms with Gasteiger partial charge in [-0.2, -0.15) is 5.26 Å². The largest absolute Gasteiger partial charge is 0.493 e. The molecule has 0 radical (unpaired) electrons. The highest BCUT2D eigenvalue weighted by Crippen LogP contribution is 2.27. The quantitative estimate of drug-likeness (QED) is 0.785. The summed E-state index contributed by atoms with van der Waals surface area (Å²) in [5.41, 5.74) is 1.55. The Balaban J connectivity index is 2.00. The molecule has 1 amide bonds. The van der Waals surface area contributed by atoms with Crippen LogP contribution in [0.5, 0.6) is 11.5 Å². The van der Waals surface area contributed by atoms with Crippen LogP contribution in [0.2, 0.25) is 0 Å². The summed E-state index contributed by atoms with van der Waals surface area (Å²) in [6.07, 6.45) is 0. The van der Waals surface area contributed by atoms with E-state index in [1.54, 1.807) is 23.1 Å². The van der Waals surface area contributed by atoms with E-state index >= 15 is 0 Å². The van der Waals surface area contributed by atoms with Crippen molar-refractivity contribution in [3.05, 3.63) is 59.7 Å². The molecule has 0 aliphatic rings. The second kappa shape index (κ2) is 8.59. The lowest BCUT2D eigenvalue weighted by molar-refractivity contribution is -0.133. The van der Waals surface area contributed by atoms with Gasteiger partial charge in [-0.1, -0.05) is 30.3 Å². The maximum atomic E-state index is 12.4. The molecule has 0 atom stereocenters. The highest BCUT2D eigenvalue weighted by atomic mass is 16.5. The van der Waals surface area contributed by atoms with Crippen molar-refractivity contribution >= 4 is 5.91 Å². The molecular formula is C19H20N2O3. The van der Waals surface area contributed by atoms with Crippen molar-refractivity contribution in [2.75, 3.05) is 20.3 Å². The van der Waals surface area contributed by atoms with Gasteiger partial charge in [0.1, 0.15) is 0 Å². The first-order valence-corrected chi connectivity index (χ1v) is 7.70. The van der Waals surface area contributed by atoms with Gasteiger partial charge < -0.3 is 14.4 Å². The highest BCUT2D eigenvalue weighted by Gasteiger charge is 2.14. The van der Waals surface area contributed by atoms with Crippen molar-refractivity contribution in [1.82, 2.24) is 4.90 Å². The maximum absolute atomic E-state index is 12.4. The molecule has 5 heteroatoms. The number of amides is 1. The van der Waals surface area contributed by atoms with Crippen LogP contribution in [0, 0.1) is 11.3 Å². The minimum absolute atomic E-state index is 0.0804. The Kier molecular flexibility index (Phi) is 6.21. The van der Waals surface area contributed by atoms with E-state index < -0.39 is 0 Å². The number of rotatable bonds is 7. The molecule has 0 saturated carbocycles. The average molecular weight is 324 g/mol. The summed E-state index contributed by atoms with van der Waals surface area (Å²) in [4.78, 5) is 14.1. The molecule has 0 N–H and O–H groups in total. The Morgan fingerprint density at radius 2 is 1.92 bits per heavy atom. The Labute approximate surface area is 142 Å². The number of ether oxygens (including phenoxy) is 2. The smallest absolute Gasteiger partial charge is 0.260 e. The van der Waals surface area contributed by atoms with Crippen molar-refractivity contribution in [3.8, 4) is 17.6 Å². The van der Waals surface area contributed by atoms with Gasteiger partial charge in [0.05, 0.1) is 18.7 Å². The molecule has 0 bridgehead atoms. The average Bonchev–Trinajstić information content (AvgIpc) is 2.64. The summed E-state index contributed by atoms with van der Waals surface area (Å²) in [5.74, 6) is 0.779. The van der Waals surface area contributed by atoms with Gasteiger partial charge in [0.2, 0.25) is 0 Å². The van der Waals surface area contributed by atoms with E-state index in [0.717, 1.165) is 5.56 Å². The van der Waals surface area contributed by atoms with Crippen LogP contribution >= 0.6 is 0 Å². The first-order chi connectivity index (χ1) is 11.7. The number of carbonyl (C=O) groups is 1. The highest BCUT2D eigenvalue weighted by molar-refractivity contribution is 5.77. The molecule has 0 saturated heterocycles. The molecule has 2 rings (SSSR count). The van der Waals surface area contributed by atoms with Crippen LogP contribution in [0.15, 0.2) is 48.5 Å². The van der Waals surface area contributed by atoms with Crippen LogP contribution in [0.4, 0.5) is 0 Å². The third kappa shape index (κ3) is 4.50. The van der Waals surface area contributed by atoms with E-state index in [9.17, 15) is 4.79 Å². The fourth-order valence-electron chi connectivity index (χ4n) is 2.27. The molecule has 0 heterocycles. The second-order valence-electron chi connectivity index (χ2n) is 5.16. The van der Waals surface area contributed by atoms with E-state index in [0.29, 0.717) is 30.2 Å². The zero-order valence-corrected chi connectivity index (χ0v) is 13.9. The molecule has 124 valence electrons.